The fourth-order valence-corrected chi connectivity index (χ4v) is 3.39. The molecule has 0 aliphatic heterocycles. The van der Waals surface area contributed by atoms with Crippen molar-refractivity contribution in [3.8, 4) is 11.3 Å². The van der Waals surface area contributed by atoms with E-state index in [-0.39, 0.29) is 18.1 Å². The summed E-state index contributed by atoms with van der Waals surface area (Å²) in [4.78, 5) is 42.2. The molecule has 8 heteroatoms. The van der Waals surface area contributed by atoms with Crippen molar-refractivity contribution in [3.05, 3.63) is 89.0 Å². The van der Waals surface area contributed by atoms with E-state index in [9.17, 15) is 18.8 Å². The maximum Gasteiger partial charge on any atom is 0.278 e. The van der Waals surface area contributed by atoms with Gasteiger partial charge in [0.25, 0.3) is 5.56 Å². The molecule has 3 aromatic carbocycles. The van der Waals surface area contributed by atoms with Crippen molar-refractivity contribution < 1.29 is 14.0 Å². The standard InChI is InChI=1S/C24H19FN4O3/c1-15(30)26-19-7-3-2-6-18(19)23-24(32)29(21-9-5-4-8-20(21)28-23)14-22(31)27-17-12-10-16(25)11-13-17/h2-13H,14H2,1H3,(H,26,30)(H,27,31). The number of para-hydroxylation sites is 3. The lowest BCUT2D eigenvalue weighted by Gasteiger charge is -2.14. The molecule has 0 aliphatic carbocycles. The Morgan fingerprint density at radius 1 is 0.938 bits per heavy atom. The molecule has 0 saturated heterocycles. The number of rotatable bonds is 5. The Hall–Kier alpha value is -4.33. The summed E-state index contributed by atoms with van der Waals surface area (Å²) in [7, 11) is 0. The molecular formula is C24H19FN4O3. The predicted octanol–water partition coefficient (Wildman–Crippen LogP) is 3.80. The fraction of sp³-hybridized carbons (Fsp3) is 0.0833. The maximum atomic E-state index is 13.4. The Morgan fingerprint density at radius 2 is 1.62 bits per heavy atom. The van der Waals surface area contributed by atoms with E-state index in [2.05, 4.69) is 15.6 Å². The Kier molecular flexibility index (Phi) is 5.76. The van der Waals surface area contributed by atoms with Gasteiger partial charge in [-0.15, -0.1) is 0 Å². The van der Waals surface area contributed by atoms with E-state index in [0.717, 1.165) is 0 Å². The minimum atomic E-state index is -0.476. The second kappa shape index (κ2) is 8.81. The van der Waals surface area contributed by atoms with Gasteiger partial charge in [-0.2, -0.15) is 0 Å². The summed E-state index contributed by atoms with van der Waals surface area (Å²) in [6, 6.07) is 19.2. The maximum absolute atomic E-state index is 13.4. The average molecular weight is 430 g/mol. The van der Waals surface area contributed by atoms with Crippen molar-refractivity contribution in [1.82, 2.24) is 9.55 Å². The van der Waals surface area contributed by atoms with Crippen molar-refractivity contribution in [2.45, 2.75) is 13.5 Å². The molecular weight excluding hydrogens is 411 g/mol. The van der Waals surface area contributed by atoms with Crippen molar-refractivity contribution in [1.29, 1.82) is 0 Å². The van der Waals surface area contributed by atoms with E-state index in [1.165, 1.54) is 35.8 Å². The molecule has 0 bridgehead atoms. The topological polar surface area (TPSA) is 93.1 Å². The molecule has 0 spiro atoms. The van der Waals surface area contributed by atoms with E-state index >= 15 is 0 Å². The lowest BCUT2D eigenvalue weighted by atomic mass is 10.1. The Bertz CT molecular complexity index is 1380. The molecule has 160 valence electrons. The lowest BCUT2D eigenvalue weighted by Crippen LogP contribution is -2.30. The summed E-state index contributed by atoms with van der Waals surface area (Å²) in [5.41, 5.74) is 1.97. The third-order valence-corrected chi connectivity index (χ3v) is 4.78. The molecule has 1 aromatic heterocycles. The van der Waals surface area contributed by atoms with E-state index in [0.29, 0.717) is 28.0 Å². The lowest BCUT2D eigenvalue weighted by molar-refractivity contribution is -0.117. The molecule has 0 fully saturated rings. The number of carbonyl (C=O) groups excluding carboxylic acids is 2. The monoisotopic (exact) mass is 430 g/mol. The van der Waals surface area contributed by atoms with Crippen LogP contribution in [0.1, 0.15) is 6.92 Å². The number of nitrogens with zero attached hydrogens (tertiary/aromatic N) is 2. The first kappa shape index (κ1) is 20.9. The molecule has 0 atom stereocenters. The molecule has 0 radical (unpaired) electrons. The normalized spacial score (nSPS) is 10.7. The molecule has 2 amide bonds. The summed E-state index contributed by atoms with van der Waals surface area (Å²) < 4.78 is 14.5. The van der Waals surface area contributed by atoms with Gasteiger partial charge in [-0.3, -0.25) is 19.0 Å². The van der Waals surface area contributed by atoms with Crippen LogP contribution in [0.25, 0.3) is 22.3 Å². The molecule has 0 aliphatic rings. The molecule has 0 unspecified atom stereocenters. The Balaban J connectivity index is 1.79. The van der Waals surface area contributed by atoms with E-state index in [1.807, 2.05) is 0 Å². The van der Waals surface area contributed by atoms with Gasteiger partial charge in [0.05, 0.1) is 16.7 Å². The highest BCUT2D eigenvalue weighted by Crippen LogP contribution is 2.25. The first-order valence-corrected chi connectivity index (χ1v) is 9.84. The minimum absolute atomic E-state index is 0.114. The highest BCUT2D eigenvalue weighted by atomic mass is 19.1. The number of anilines is 2. The molecule has 4 aromatic rings. The number of benzene rings is 3. The van der Waals surface area contributed by atoms with Crippen LogP contribution in [-0.4, -0.2) is 21.4 Å². The van der Waals surface area contributed by atoms with E-state index in [1.54, 1.807) is 48.5 Å². The van der Waals surface area contributed by atoms with Crippen LogP contribution in [-0.2, 0) is 16.1 Å². The summed E-state index contributed by atoms with van der Waals surface area (Å²) in [6.45, 7) is 1.11. The van der Waals surface area contributed by atoms with E-state index < -0.39 is 17.3 Å². The van der Waals surface area contributed by atoms with Crippen LogP contribution >= 0.6 is 0 Å². The average Bonchev–Trinajstić information content (AvgIpc) is 2.77. The number of amides is 2. The van der Waals surface area contributed by atoms with Crippen LogP contribution in [0.15, 0.2) is 77.6 Å². The van der Waals surface area contributed by atoms with Crippen LogP contribution in [0, 0.1) is 5.82 Å². The number of aromatic nitrogens is 2. The second-order valence-electron chi connectivity index (χ2n) is 7.12. The third kappa shape index (κ3) is 4.39. The second-order valence-corrected chi connectivity index (χ2v) is 7.12. The van der Waals surface area contributed by atoms with Crippen molar-refractivity contribution in [2.75, 3.05) is 10.6 Å². The zero-order valence-electron chi connectivity index (χ0n) is 17.1. The smallest absolute Gasteiger partial charge is 0.278 e. The summed E-state index contributed by atoms with van der Waals surface area (Å²) in [5, 5.41) is 5.37. The first-order chi connectivity index (χ1) is 15.4. The Labute approximate surface area is 182 Å². The summed E-state index contributed by atoms with van der Waals surface area (Å²) in [6.07, 6.45) is 0. The largest absolute Gasteiger partial charge is 0.326 e. The van der Waals surface area contributed by atoms with Gasteiger partial charge in [-0.05, 0) is 42.5 Å². The number of hydrogen-bond donors (Lipinski definition) is 2. The van der Waals surface area contributed by atoms with Gasteiger partial charge in [-0.1, -0.05) is 30.3 Å². The first-order valence-electron chi connectivity index (χ1n) is 9.84. The fourth-order valence-electron chi connectivity index (χ4n) is 3.39. The van der Waals surface area contributed by atoms with Gasteiger partial charge in [-0.25, -0.2) is 9.37 Å². The number of hydrogen-bond acceptors (Lipinski definition) is 4. The summed E-state index contributed by atoms with van der Waals surface area (Å²) in [5.74, 6) is -1.14. The van der Waals surface area contributed by atoms with Gasteiger partial charge in [0.2, 0.25) is 11.8 Å². The SMILES string of the molecule is CC(=O)Nc1ccccc1-c1nc2ccccc2n(CC(=O)Nc2ccc(F)cc2)c1=O. The summed E-state index contributed by atoms with van der Waals surface area (Å²) >= 11 is 0. The molecule has 0 saturated carbocycles. The molecule has 2 N–H and O–H groups in total. The van der Waals surface area contributed by atoms with Gasteiger partial charge >= 0.3 is 0 Å². The van der Waals surface area contributed by atoms with Crippen LogP contribution in [0.2, 0.25) is 0 Å². The highest BCUT2D eigenvalue weighted by Gasteiger charge is 2.17. The van der Waals surface area contributed by atoms with Crippen LogP contribution in [0.5, 0.6) is 0 Å². The molecule has 1 heterocycles. The number of carbonyl (C=O) groups is 2. The molecule has 32 heavy (non-hydrogen) atoms. The van der Waals surface area contributed by atoms with Crippen LogP contribution in [0.4, 0.5) is 15.8 Å². The number of fused-ring (bicyclic) bond motifs is 1. The zero-order valence-corrected chi connectivity index (χ0v) is 17.1. The molecule has 7 nitrogen and oxygen atoms in total. The highest BCUT2D eigenvalue weighted by molar-refractivity contribution is 5.94. The zero-order chi connectivity index (χ0) is 22.7. The van der Waals surface area contributed by atoms with E-state index in [4.69, 9.17) is 0 Å². The third-order valence-electron chi connectivity index (χ3n) is 4.78. The van der Waals surface area contributed by atoms with Gasteiger partial charge < -0.3 is 10.6 Å². The Morgan fingerprint density at radius 3 is 2.38 bits per heavy atom. The number of nitrogens with one attached hydrogen (secondary N) is 2. The molecule has 4 rings (SSSR count). The van der Waals surface area contributed by atoms with Crippen molar-refractivity contribution in [3.63, 3.8) is 0 Å². The van der Waals surface area contributed by atoms with Crippen LogP contribution < -0.4 is 16.2 Å². The van der Waals surface area contributed by atoms with Crippen molar-refractivity contribution >= 4 is 34.2 Å². The predicted molar refractivity (Wildman–Crippen MR) is 121 cm³/mol. The minimum Gasteiger partial charge on any atom is -0.326 e. The van der Waals surface area contributed by atoms with Crippen LogP contribution in [0.3, 0.4) is 0 Å². The quantitative estimate of drug-likeness (QED) is 0.504. The van der Waals surface area contributed by atoms with Gasteiger partial charge in [0.15, 0.2) is 0 Å². The van der Waals surface area contributed by atoms with Gasteiger partial charge in [0, 0.05) is 18.2 Å². The van der Waals surface area contributed by atoms with Gasteiger partial charge in [0.1, 0.15) is 18.1 Å². The number of halogens is 1. The van der Waals surface area contributed by atoms with Crippen molar-refractivity contribution in [2.24, 2.45) is 0 Å².